The molecule has 0 bridgehead atoms. The number of aryl methyl sites for hydroxylation is 1. The summed E-state index contributed by atoms with van der Waals surface area (Å²) in [5, 5.41) is 18.1. The number of hydrogen-bond donors (Lipinski definition) is 2. The molecule has 106 valence electrons. The Labute approximate surface area is 118 Å². The maximum atomic E-state index is 11.7. The fourth-order valence-electron chi connectivity index (χ4n) is 1.59. The number of esters is 1. The highest BCUT2D eigenvalue weighted by Crippen LogP contribution is 2.11. The fraction of sp³-hybridized carbons (Fsp3) is 0.429. The van der Waals surface area contributed by atoms with Gasteiger partial charge in [0.15, 0.2) is 12.2 Å². The minimum Gasteiger partial charge on any atom is -0.456 e. The Morgan fingerprint density at radius 1 is 1.55 bits per heavy atom. The molecule has 0 aliphatic rings. The zero-order valence-corrected chi connectivity index (χ0v) is 12.2. The first-order chi connectivity index (χ1) is 9.23. The van der Waals surface area contributed by atoms with Crippen molar-refractivity contribution in [3.05, 3.63) is 23.5 Å². The number of quaternary nitrogens is 1. The van der Waals surface area contributed by atoms with Crippen molar-refractivity contribution < 1.29 is 14.8 Å². The molecule has 0 unspecified atom stereocenters. The molecule has 20 heavy (non-hydrogen) atoms. The lowest BCUT2D eigenvalue weighted by molar-refractivity contribution is -0.562. The van der Waals surface area contributed by atoms with Crippen LogP contribution in [0.1, 0.15) is 32.0 Å². The van der Waals surface area contributed by atoms with Crippen molar-refractivity contribution in [1.82, 2.24) is 4.98 Å². The lowest BCUT2D eigenvalue weighted by Crippen LogP contribution is -2.80. The van der Waals surface area contributed by atoms with Gasteiger partial charge in [-0.1, -0.05) is 0 Å². The molecule has 0 aliphatic carbocycles. The smallest absolute Gasteiger partial charge is 0.362 e. The number of hydrogen-bond acceptors (Lipinski definition) is 5. The third-order valence-corrected chi connectivity index (χ3v) is 2.36. The quantitative estimate of drug-likeness (QED) is 0.627. The van der Waals surface area contributed by atoms with Gasteiger partial charge in [0.2, 0.25) is 0 Å². The van der Waals surface area contributed by atoms with Crippen molar-refractivity contribution in [3.63, 3.8) is 0 Å². The van der Waals surface area contributed by atoms with Crippen LogP contribution in [-0.4, -0.2) is 28.8 Å². The summed E-state index contributed by atoms with van der Waals surface area (Å²) in [6, 6.07) is 3.45. The van der Waals surface area contributed by atoms with Gasteiger partial charge in [0.1, 0.15) is 17.4 Å². The van der Waals surface area contributed by atoms with Crippen LogP contribution in [-0.2, 0) is 9.53 Å². The van der Waals surface area contributed by atoms with Gasteiger partial charge in [-0.3, -0.25) is 10.4 Å². The zero-order valence-electron chi connectivity index (χ0n) is 12.2. The highest BCUT2D eigenvalue weighted by molar-refractivity contribution is 6.11. The van der Waals surface area contributed by atoms with Gasteiger partial charge in [-0.05, 0) is 33.8 Å². The molecule has 0 spiro atoms. The van der Waals surface area contributed by atoms with E-state index in [1.54, 1.807) is 51.3 Å². The van der Waals surface area contributed by atoms with Crippen LogP contribution in [0.2, 0.25) is 0 Å². The van der Waals surface area contributed by atoms with Gasteiger partial charge in [0.05, 0.1) is 11.8 Å². The molecule has 0 aromatic carbocycles. The molecule has 0 saturated heterocycles. The number of carbonyl (C=O) groups is 1. The third-order valence-electron chi connectivity index (χ3n) is 2.36. The van der Waals surface area contributed by atoms with Crippen LogP contribution < -0.4 is 5.32 Å². The van der Waals surface area contributed by atoms with Crippen LogP contribution in [0, 0.1) is 23.7 Å². The highest BCUT2D eigenvalue weighted by Gasteiger charge is 2.19. The first-order valence-electron chi connectivity index (χ1n) is 6.23. The standard InChI is InChI=1S/C14H18N4O2/c1-9-5-10(11(16)6-15)12(7-17-9)18-8-13(19)20-14(2,3)4/h5,7,16,18H,8H2,1-4H3/p+1. The van der Waals surface area contributed by atoms with E-state index in [0.717, 1.165) is 5.69 Å². The van der Waals surface area contributed by atoms with Gasteiger partial charge >= 0.3 is 5.97 Å². The number of rotatable bonds is 4. The summed E-state index contributed by atoms with van der Waals surface area (Å²) in [5.41, 5.74) is 1.11. The number of nitriles is 1. The van der Waals surface area contributed by atoms with Crippen LogP contribution in [0.15, 0.2) is 12.3 Å². The molecule has 1 heterocycles. The van der Waals surface area contributed by atoms with Crippen molar-refractivity contribution in [2.24, 2.45) is 0 Å². The van der Waals surface area contributed by atoms with Crippen molar-refractivity contribution in [3.8, 4) is 6.07 Å². The highest BCUT2D eigenvalue weighted by atomic mass is 16.6. The number of nitrogens with two attached hydrogens (primary N) is 1. The van der Waals surface area contributed by atoms with Crippen molar-refractivity contribution in [2.45, 2.75) is 33.3 Å². The van der Waals surface area contributed by atoms with E-state index >= 15 is 0 Å². The number of nitrogens with one attached hydrogen (secondary N) is 1. The lowest BCUT2D eigenvalue weighted by Gasteiger charge is -2.18. The second kappa shape index (κ2) is 6.26. The first kappa shape index (κ1) is 15.8. The average molecular weight is 275 g/mol. The van der Waals surface area contributed by atoms with Crippen LogP contribution in [0.5, 0.6) is 0 Å². The summed E-state index contributed by atoms with van der Waals surface area (Å²) in [4.78, 5) is 15.8. The molecule has 1 aromatic rings. The van der Waals surface area contributed by atoms with Gasteiger partial charge in [0, 0.05) is 5.69 Å². The Morgan fingerprint density at radius 3 is 2.75 bits per heavy atom. The topological polar surface area (TPSA) is 103 Å². The SMILES string of the molecule is Cc1cc(C(=N)C#N)c([NH2+]CC(=O)OC(C)(C)C)cn1. The number of ether oxygens (including phenoxy) is 1. The molecule has 6 nitrogen and oxygen atoms in total. The van der Waals surface area contributed by atoms with Gasteiger partial charge in [-0.15, -0.1) is 0 Å². The zero-order chi connectivity index (χ0) is 15.3. The molecule has 0 atom stereocenters. The van der Waals surface area contributed by atoms with E-state index in [2.05, 4.69) is 4.98 Å². The van der Waals surface area contributed by atoms with E-state index in [0.29, 0.717) is 11.3 Å². The Bertz CT molecular complexity index is 568. The fourth-order valence-corrected chi connectivity index (χ4v) is 1.59. The van der Waals surface area contributed by atoms with Crippen LogP contribution >= 0.6 is 0 Å². The number of aromatic nitrogens is 1. The molecule has 0 fully saturated rings. The van der Waals surface area contributed by atoms with Crippen molar-refractivity contribution in [1.29, 1.82) is 10.7 Å². The van der Waals surface area contributed by atoms with Crippen LogP contribution in [0.25, 0.3) is 0 Å². The van der Waals surface area contributed by atoms with Crippen LogP contribution in [0.3, 0.4) is 0 Å². The molecule has 6 heteroatoms. The van der Waals surface area contributed by atoms with Gasteiger partial charge in [-0.2, -0.15) is 5.26 Å². The molecule has 3 N–H and O–H groups in total. The van der Waals surface area contributed by atoms with Gasteiger partial charge in [-0.25, -0.2) is 4.79 Å². The minimum absolute atomic E-state index is 0.0771. The Morgan fingerprint density at radius 2 is 2.20 bits per heavy atom. The molecular weight excluding hydrogens is 256 g/mol. The molecule has 0 saturated carbocycles. The largest absolute Gasteiger partial charge is 0.456 e. The van der Waals surface area contributed by atoms with E-state index in [4.69, 9.17) is 15.4 Å². The summed E-state index contributed by atoms with van der Waals surface area (Å²) in [7, 11) is 0. The summed E-state index contributed by atoms with van der Waals surface area (Å²) in [6.45, 7) is 7.26. The van der Waals surface area contributed by atoms with Gasteiger partial charge in [0.25, 0.3) is 0 Å². The predicted molar refractivity (Wildman–Crippen MR) is 73.7 cm³/mol. The average Bonchev–Trinajstić information content (AvgIpc) is 2.34. The normalized spacial score (nSPS) is 10.8. The maximum Gasteiger partial charge on any atom is 0.362 e. The number of pyridine rings is 1. The predicted octanol–water partition coefficient (Wildman–Crippen LogP) is 0.818. The molecule has 0 amide bonds. The summed E-state index contributed by atoms with van der Waals surface area (Å²) in [6.07, 6.45) is 1.56. The van der Waals surface area contributed by atoms with E-state index in [-0.39, 0.29) is 18.2 Å². The summed E-state index contributed by atoms with van der Waals surface area (Å²) in [5.74, 6) is -0.354. The maximum absolute atomic E-state index is 11.7. The Balaban J connectivity index is 2.81. The second-order valence-corrected chi connectivity index (χ2v) is 5.39. The molecule has 0 radical (unpaired) electrons. The number of nitrogens with zero attached hydrogens (tertiary/aromatic N) is 2. The molecule has 1 rings (SSSR count). The van der Waals surface area contributed by atoms with E-state index in [1.807, 2.05) is 0 Å². The minimum atomic E-state index is -0.529. The Kier molecular flexibility index (Phi) is 4.94. The Hall–Kier alpha value is -2.26. The third kappa shape index (κ3) is 4.78. The van der Waals surface area contributed by atoms with E-state index in [9.17, 15) is 4.79 Å². The monoisotopic (exact) mass is 275 g/mol. The van der Waals surface area contributed by atoms with Crippen molar-refractivity contribution in [2.75, 3.05) is 6.54 Å². The van der Waals surface area contributed by atoms with E-state index in [1.165, 1.54) is 0 Å². The van der Waals surface area contributed by atoms with Gasteiger partial charge < -0.3 is 10.1 Å². The number of carbonyl (C=O) groups excluding carboxylic acids is 1. The van der Waals surface area contributed by atoms with Crippen LogP contribution in [0.4, 0.5) is 5.69 Å². The second-order valence-electron chi connectivity index (χ2n) is 5.39. The summed E-state index contributed by atoms with van der Waals surface area (Å²) < 4.78 is 5.20. The summed E-state index contributed by atoms with van der Waals surface area (Å²) >= 11 is 0. The van der Waals surface area contributed by atoms with E-state index < -0.39 is 5.60 Å². The molecule has 0 aliphatic heterocycles. The first-order valence-corrected chi connectivity index (χ1v) is 6.23. The molecular formula is C14H19N4O2+. The van der Waals surface area contributed by atoms with Crippen molar-refractivity contribution >= 4 is 17.4 Å². The molecule has 1 aromatic heterocycles. The lowest BCUT2D eigenvalue weighted by atomic mass is 10.1.